The Bertz CT molecular complexity index is 923. The molecule has 1 amide bonds. The van der Waals surface area contributed by atoms with Crippen molar-refractivity contribution >= 4 is 28.6 Å². The van der Waals surface area contributed by atoms with Crippen molar-refractivity contribution in [3.63, 3.8) is 0 Å². The van der Waals surface area contributed by atoms with Gasteiger partial charge in [0.05, 0.1) is 17.3 Å². The number of fused-ring (bicyclic) bond motifs is 1. The summed E-state index contributed by atoms with van der Waals surface area (Å²) in [4.78, 5) is 17.7. The highest BCUT2D eigenvalue weighted by molar-refractivity contribution is 7.10. The van der Waals surface area contributed by atoms with Gasteiger partial charge < -0.3 is 9.84 Å². The molecule has 5 nitrogen and oxygen atoms in total. The van der Waals surface area contributed by atoms with Crippen LogP contribution in [0.4, 0.5) is 0 Å². The summed E-state index contributed by atoms with van der Waals surface area (Å²) in [6.45, 7) is 8.65. The summed E-state index contributed by atoms with van der Waals surface area (Å²) in [5, 5.41) is 11.2. The largest absolute Gasteiger partial charge is 0.361 e. The number of amides is 1. The summed E-state index contributed by atoms with van der Waals surface area (Å²) in [5.41, 5.74) is 4.20. The molecule has 0 aromatic carbocycles. The monoisotopic (exact) mass is 401 g/mol. The maximum atomic E-state index is 12.8. The Morgan fingerprint density at radius 3 is 2.96 bits per heavy atom. The van der Waals surface area contributed by atoms with E-state index in [1.807, 2.05) is 37.6 Å². The second-order valence-corrected chi connectivity index (χ2v) is 8.97. The zero-order valence-electron chi connectivity index (χ0n) is 15.7. The molecule has 0 saturated carbocycles. The molecule has 27 heavy (non-hydrogen) atoms. The van der Waals surface area contributed by atoms with Crippen molar-refractivity contribution in [2.24, 2.45) is 0 Å². The minimum atomic E-state index is 0.0348. The number of nitrogens with one attached hydrogen (secondary N) is 1. The van der Waals surface area contributed by atoms with Crippen molar-refractivity contribution in [2.75, 3.05) is 6.54 Å². The van der Waals surface area contributed by atoms with E-state index in [0.717, 1.165) is 43.1 Å². The molecule has 0 fully saturated rings. The molecule has 0 unspecified atom stereocenters. The van der Waals surface area contributed by atoms with E-state index < -0.39 is 0 Å². The lowest BCUT2D eigenvalue weighted by atomic mass is 10.0. The molecular weight excluding hydrogens is 378 g/mol. The Kier molecular flexibility index (Phi) is 5.16. The molecule has 142 valence electrons. The number of carbonyl (C=O) groups excluding carboxylic acids is 1. The number of aromatic nitrogens is 1. The van der Waals surface area contributed by atoms with Crippen molar-refractivity contribution in [3.05, 3.63) is 60.8 Å². The van der Waals surface area contributed by atoms with Gasteiger partial charge in [0.15, 0.2) is 0 Å². The molecule has 3 aromatic rings. The number of aryl methyl sites for hydroxylation is 2. The summed E-state index contributed by atoms with van der Waals surface area (Å²) in [6, 6.07) is 4.11. The summed E-state index contributed by atoms with van der Waals surface area (Å²) in [5.74, 6) is 0.930. The molecule has 1 atom stereocenters. The Morgan fingerprint density at radius 1 is 1.41 bits per heavy atom. The molecule has 0 radical (unpaired) electrons. The van der Waals surface area contributed by atoms with Crippen LogP contribution in [0, 0.1) is 13.8 Å². The summed E-state index contributed by atoms with van der Waals surface area (Å²) < 4.78 is 5.28. The van der Waals surface area contributed by atoms with Crippen LogP contribution in [0.15, 0.2) is 27.4 Å². The minimum Gasteiger partial charge on any atom is -0.361 e. The van der Waals surface area contributed by atoms with Crippen LogP contribution >= 0.6 is 22.7 Å². The van der Waals surface area contributed by atoms with Crippen LogP contribution < -0.4 is 5.32 Å². The molecule has 0 saturated heterocycles. The Balaban J connectivity index is 1.44. The van der Waals surface area contributed by atoms with Gasteiger partial charge in [-0.25, -0.2) is 0 Å². The second-order valence-electron chi connectivity index (χ2n) is 7.03. The third-order valence-electron chi connectivity index (χ3n) is 5.15. The van der Waals surface area contributed by atoms with E-state index >= 15 is 0 Å². The summed E-state index contributed by atoms with van der Waals surface area (Å²) in [7, 11) is 0. The quantitative estimate of drug-likeness (QED) is 0.686. The van der Waals surface area contributed by atoms with Gasteiger partial charge in [0.1, 0.15) is 5.76 Å². The Morgan fingerprint density at radius 2 is 2.26 bits per heavy atom. The number of rotatable bonds is 5. The predicted octanol–water partition coefficient (Wildman–Crippen LogP) is 4.46. The zero-order valence-corrected chi connectivity index (χ0v) is 17.4. The van der Waals surface area contributed by atoms with Gasteiger partial charge in [0.2, 0.25) is 0 Å². The van der Waals surface area contributed by atoms with Crippen LogP contribution in [0.25, 0.3) is 0 Å². The van der Waals surface area contributed by atoms with E-state index in [9.17, 15) is 4.79 Å². The fourth-order valence-corrected chi connectivity index (χ4v) is 5.40. The topological polar surface area (TPSA) is 58.4 Å². The Labute approximate surface area is 167 Å². The number of hydrogen-bond acceptors (Lipinski definition) is 6. The second kappa shape index (κ2) is 7.58. The lowest BCUT2D eigenvalue weighted by molar-refractivity contribution is 0.0939. The number of thiophene rings is 2. The van der Waals surface area contributed by atoms with Gasteiger partial charge in [-0.1, -0.05) is 11.2 Å². The third kappa shape index (κ3) is 3.72. The first-order valence-corrected chi connectivity index (χ1v) is 10.9. The smallest absolute Gasteiger partial charge is 0.252 e. The average molecular weight is 402 g/mol. The lowest BCUT2D eigenvalue weighted by Crippen LogP contribution is -2.31. The van der Waals surface area contributed by atoms with Crippen LogP contribution in [0.1, 0.15) is 55.7 Å². The molecule has 4 heterocycles. The molecule has 0 bridgehead atoms. The summed E-state index contributed by atoms with van der Waals surface area (Å²) >= 11 is 3.36. The van der Waals surface area contributed by atoms with E-state index in [2.05, 4.69) is 21.4 Å². The maximum Gasteiger partial charge on any atom is 0.252 e. The molecule has 1 N–H and O–H groups in total. The normalized spacial score (nSPS) is 15.5. The van der Waals surface area contributed by atoms with Gasteiger partial charge in [-0.3, -0.25) is 9.69 Å². The molecule has 0 spiro atoms. The first-order valence-electron chi connectivity index (χ1n) is 9.10. The van der Waals surface area contributed by atoms with Crippen LogP contribution in [-0.4, -0.2) is 22.5 Å². The van der Waals surface area contributed by atoms with Crippen molar-refractivity contribution < 1.29 is 9.32 Å². The van der Waals surface area contributed by atoms with Crippen molar-refractivity contribution in [1.82, 2.24) is 15.4 Å². The first-order chi connectivity index (χ1) is 13.0. The van der Waals surface area contributed by atoms with Gasteiger partial charge in [0, 0.05) is 40.3 Å². The lowest BCUT2D eigenvalue weighted by Gasteiger charge is -2.27. The van der Waals surface area contributed by atoms with E-state index in [1.165, 1.54) is 20.9 Å². The Hall–Kier alpha value is -1.96. The molecule has 3 aromatic heterocycles. The van der Waals surface area contributed by atoms with Crippen molar-refractivity contribution in [1.29, 1.82) is 0 Å². The SMILES string of the molecule is Cc1noc(C)c1CN1CCc2c(C(=O)N[C@@H](C)c3cccs3)csc2C1. The molecular formula is C20H23N3O2S2. The summed E-state index contributed by atoms with van der Waals surface area (Å²) in [6.07, 6.45) is 0.901. The van der Waals surface area contributed by atoms with E-state index in [4.69, 9.17) is 4.52 Å². The van der Waals surface area contributed by atoms with Crippen LogP contribution in [0.2, 0.25) is 0 Å². The first kappa shape index (κ1) is 18.4. The number of carbonyl (C=O) groups is 1. The van der Waals surface area contributed by atoms with Gasteiger partial charge in [-0.15, -0.1) is 22.7 Å². The molecule has 7 heteroatoms. The van der Waals surface area contributed by atoms with Crippen LogP contribution in [-0.2, 0) is 19.5 Å². The molecule has 0 aliphatic carbocycles. The van der Waals surface area contributed by atoms with E-state index in [-0.39, 0.29) is 11.9 Å². The fourth-order valence-electron chi connectivity index (χ4n) is 3.54. The third-order valence-corrected chi connectivity index (χ3v) is 7.22. The van der Waals surface area contributed by atoms with Crippen molar-refractivity contribution in [3.8, 4) is 0 Å². The molecule has 1 aliphatic heterocycles. The average Bonchev–Trinajstić information content (AvgIpc) is 3.38. The maximum absolute atomic E-state index is 12.8. The zero-order chi connectivity index (χ0) is 19.0. The van der Waals surface area contributed by atoms with Gasteiger partial charge in [-0.05, 0) is 44.2 Å². The highest BCUT2D eigenvalue weighted by atomic mass is 32.1. The van der Waals surface area contributed by atoms with Gasteiger partial charge >= 0.3 is 0 Å². The van der Waals surface area contributed by atoms with Gasteiger partial charge in [-0.2, -0.15) is 0 Å². The van der Waals surface area contributed by atoms with Crippen molar-refractivity contribution in [2.45, 2.75) is 46.3 Å². The van der Waals surface area contributed by atoms with E-state index in [1.54, 1.807) is 22.7 Å². The number of nitrogens with zero attached hydrogens (tertiary/aromatic N) is 2. The van der Waals surface area contributed by atoms with E-state index in [0.29, 0.717) is 0 Å². The van der Waals surface area contributed by atoms with Crippen LogP contribution in [0.3, 0.4) is 0 Å². The number of hydrogen-bond donors (Lipinski definition) is 1. The predicted molar refractivity (Wildman–Crippen MR) is 108 cm³/mol. The highest BCUT2D eigenvalue weighted by Gasteiger charge is 2.25. The standard InChI is InChI=1S/C20H23N3O2S2/c1-12-16(14(3)25-22-12)9-23-7-6-15-17(11-27-19(15)10-23)20(24)21-13(2)18-5-4-8-26-18/h4-5,8,11,13H,6-7,9-10H2,1-3H3,(H,21,24)/t13-/m0/s1. The molecule has 1 aliphatic rings. The van der Waals surface area contributed by atoms with Crippen LogP contribution in [0.5, 0.6) is 0 Å². The minimum absolute atomic E-state index is 0.0348. The van der Waals surface area contributed by atoms with Gasteiger partial charge in [0.25, 0.3) is 5.91 Å². The molecule has 4 rings (SSSR count). The fraction of sp³-hybridized carbons (Fsp3) is 0.400. The highest BCUT2D eigenvalue weighted by Crippen LogP contribution is 2.30.